The van der Waals surface area contributed by atoms with Crippen molar-refractivity contribution < 1.29 is 4.39 Å². The van der Waals surface area contributed by atoms with Crippen molar-refractivity contribution in [1.82, 2.24) is 9.78 Å². The van der Waals surface area contributed by atoms with E-state index in [1.165, 1.54) is 12.1 Å². The summed E-state index contributed by atoms with van der Waals surface area (Å²) >= 11 is 0. The number of nitrogens with zero attached hydrogens (tertiary/aromatic N) is 3. The molecule has 2 aromatic rings. The zero-order valence-corrected chi connectivity index (χ0v) is 11.8. The molecule has 20 heavy (non-hydrogen) atoms. The van der Waals surface area contributed by atoms with E-state index in [1.807, 2.05) is 19.3 Å². The summed E-state index contributed by atoms with van der Waals surface area (Å²) in [4.78, 5) is 0. The first-order valence-electron chi connectivity index (χ1n) is 6.47. The summed E-state index contributed by atoms with van der Waals surface area (Å²) in [6.45, 7) is 4.78. The van der Waals surface area contributed by atoms with Crippen molar-refractivity contribution in [1.29, 1.82) is 5.26 Å². The minimum atomic E-state index is -0.498. The van der Waals surface area contributed by atoms with Crippen LogP contribution in [-0.2, 0) is 13.6 Å². The van der Waals surface area contributed by atoms with Crippen molar-refractivity contribution >= 4 is 5.69 Å². The lowest BCUT2D eigenvalue weighted by atomic mass is 10.1. The SMILES string of the molecule is CC(C)c1nn(C)cc1CNc1ccc(F)c(C#N)c1. The highest BCUT2D eigenvalue weighted by atomic mass is 19.1. The fourth-order valence-electron chi connectivity index (χ4n) is 2.10. The van der Waals surface area contributed by atoms with Crippen LogP contribution in [0, 0.1) is 17.1 Å². The molecule has 0 saturated carbocycles. The number of nitriles is 1. The van der Waals surface area contributed by atoms with Crippen molar-refractivity contribution in [3.8, 4) is 6.07 Å². The molecule has 0 spiro atoms. The monoisotopic (exact) mass is 272 g/mol. The molecule has 1 heterocycles. The predicted molar refractivity (Wildman–Crippen MR) is 75.7 cm³/mol. The number of aromatic nitrogens is 2. The number of anilines is 1. The quantitative estimate of drug-likeness (QED) is 0.930. The van der Waals surface area contributed by atoms with Gasteiger partial charge in [0, 0.05) is 31.0 Å². The Morgan fingerprint density at radius 2 is 2.20 bits per heavy atom. The van der Waals surface area contributed by atoms with Crippen LogP contribution in [0.3, 0.4) is 0 Å². The average Bonchev–Trinajstić information content (AvgIpc) is 2.79. The molecular formula is C15H17FN4. The van der Waals surface area contributed by atoms with E-state index in [0.29, 0.717) is 12.5 Å². The number of halogens is 1. The zero-order chi connectivity index (χ0) is 14.7. The van der Waals surface area contributed by atoms with Crippen LogP contribution in [0.1, 0.15) is 36.6 Å². The zero-order valence-electron chi connectivity index (χ0n) is 11.8. The molecular weight excluding hydrogens is 255 g/mol. The molecule has 0 aliphatic heterocycles. The van der Waals surface area contributed by atoms with Gasteiger partial charge in [-0.1, -0.05) is 13.8 Å². The first kappa shape index (κ1) is 14.1. The van der Waals surface area contributed by atoms with Crippen LogP contribution in [-0.4, -0.2) is 9.78 Å². The van der Waals surface area contributed by atoms with Crippen LogP contribution in [0.5, 0.6) is 0 Å². The van der Waals surface area contributed by atoms with Crippen molar-refractivity contribution in [2.24, 2.45) is 7.05 Å². The smallest absolute Gasteiger partial charge is 0.141 e. The Hall–Kier alpha value is -2.35. The Kier molecular flexibility index (Phi) is 4.04. The topological polar surface area (TPSA) is 53.6 Å². The Morgan fingerprint density at radius 1 is 1.45 bits per heavy atom. The second kappa shape index (κ2) is 5.74. The largest absolute Gasteiger partial charge is 0.381 e. The summed E-state index contributed by atoms with van der Waals surface area (Å²) in [6.07, 6.45) is 1.97. The van der Waals surface area contributed by atoms with Gasteiger partial charge in [-0.2, -0.15) is 10.4 Å². The minimum Gasteiger partial charge on any atom is -0.381 e. The van der Waals surface area contributed by atoms with E-state index < -0.39 is 5.82 Å². The Balaban J connectivity index is 2.15. The van der Waals surface area contributed by atoms with Gasteiger partial charge in [0.25, 0.3) is 0 Å². The third-order valence-corrected chi connectivity index (χ3v) is 3.05. The molecule has 0 amide bonds. The molecule has 0 fully saturated rings. The third kappa shape index (κ3) is 2.97. The maximum Gasteiger partial charge on any atom is 0.141 e. The van der Waals surface area contributed by atoms with Crippen molar-refractivity contribution in [3.05, 3.63) is 47.0 Å². The fourth-order valence-corrected chi connectivity index (χ4v) is 2.10. The molecule has 104 valence electrons. The highest BCUT2D eigenvalue weighted by Gasteiger charge is 2.11. The normalized spacial score (nSPS) is 10.6. The Bertz CT molecular complexity index is 652. The van der Waals surface area contributed by atoms with Gasteiger partial charge in [0.15, 0.2) is 0 Å². The van der Waals surface area contributed by atoms with Crippen LogP contribution in [0.25, 0.3) is 0 Å². The van der Waals surface area contributed by atoms with E-state index in [2.05, 4.69) is 24.3 Å². The maximum atomic E-state index is 13.2. The number of nitrogens with one attached hydrogen (secondary N) is 1. The van der Waals surface area contributed by atoms with Crippen LogP contribution >= 0.6 is 0 Å². The van der Waals surface area contributed by atoms with Gasteiger partial charge >= 0.3 is 0 Å². The number of hydrogen-bond acceptors (Lipinski definition) is 3. The summed E-state index contributed by atoms with van der Waals surface area (Å²) in [5.74, 6) is -0.154. The van der Waals surface area contributed by atoms with Crippen LogP contribution in [0.2, 0.25) is 0 Å². The highest BCUT2D eigenvalue weighted by molar-refractivity contribution is 5.50. The van der Waals surface area contributed by atoms with Crippen LogP contribution in [0.4, 0.5) is 10.1 Å². The lowest BCUT2D eigenvalue weighted by molar-refractivity contribution is 0.624. The van der Waals surface area contributed by atoms with E-state index >= 15 is 0 Å². The van der Waals surface area contributed by atoms with E-state index in [0.717, 1.165) is 16.9 Å². The van der Waals surface area contributed by atoms with Crippen LogP contribution < -0.4 is 5.32 Å². The third-order valence-electron chi connectivity index (χ3n) is 3.05. The van der Waals surface area contributed by atoms with Gasteiger partial charge in [0.1, 0.15) is 11.9 Å². The molecule has 0 aliphatic rings. The van der Waals surface area contributed by atoms with E-state index in [-0.39, 0.29) is 5.56 Å². The molecule has 1 aromatic heterocycles. The molecule has 1 N–H and O–H groups in total. The Labute approximate surface area is 117 Å². The van der Waals surface area contributed by atoms with Crippen molar-refractivity contribution in [2.45, 2.75) is 26.3 Å². The first-order chi connectivity index (χ1) is 9.51. The van der Waals surface area contributed by atoms with E-state index in [9.17, 15) is 4.39 Å². The number of benzene rings is 1. The summed E-state index contributed by atoms with van der Waals surface area (Å²) in [5.41, 5.74) is 2.92. The first-order valence-corrected chi connectivity index (χ1v) is 6.47. The lowest BCUT2D eigenvalue weighted by Crippen LogP contribution is -2.03. The molecule has 1 aromatic carbocycles. The lowest BCUT2D eigenvalue weighted by Gasteiger charge is -2.08. The molecule has 2 rings (SSSR count). The van der Waals surface area contributed by atoms with Crippen molar-refractivity contribution in [3.63, 3.8) is 0 Å². The number of rotatable bonds is 4. The molecule has 0 radical (unpaired) electrons. The number of hydrogen-bond donors (Lipinski definition) is 1. The van der Waals surface area contributed by atoms with Gasteiger partial charge in [-0.25, -0.2) is 4.39 Å². The Morgan fingerprint density at radius 3 is 2.85 bits per heavy atom. The van der Waals surface area contributed by atoms with Gasteiger partial charge in [0.05, 0.1) is 11.3 Å². The second-order valence-electron chi connectivity index (χ2n) is 5.03. The van der Waals surface area contributed by atoms with E-state index in [1.54, 1.807) is 10.7 Å². The summed E-state index contributed by atoms with van der Waals surface area (Å²) in [6, 6.07) is 6.28. The summed E-state index contributed by atoms with van der Waals surface area (Å²) in [7, 11) is 1.89. The van der Waals surface area contributed by atoms with Gasteiger partial charge < -0.3 is 5.32 Å². The standard InChI is InChI=1S/C15H17FN4/c1-10(2)15-12(9-20(3)19-15)8-18-13-4-5-14(16)11(6-13)7-17/h4-6,9-10,18H,8H2,1-3H3. The molecule has 0 aliphatic carbocycles. The fraction of sp³-hybridized carbons (Fsp3) is 0.333. The molecule has 0 bridgehead atoms. The van der Waals surface area contributed by atoms with Gasteiger partial charge in [-0.15, -0.1) is 0 Å². The van der Waals surface area contributed by atoms with Gasteiger partial charge in [-0.05, 0) is 24.1 Å². The molecule has 0 saturated heterocycles. The molecule has 5 heteroatoms. The van der Waals surface area contributed by atoms with E-state index in [4.69, 9.17) is 5.26 Å². The average molecular weight is 272 g/mol. The maximum absolute atomic E-state index is 13.2. The highest BCUT2D eigenvalue weighted by Crippen LogP contribution is 2.19. The predicted octanol–water partition coefficient (Wildman–Crippen LogP) is 3.17. The number of aryl methyl sites for hydroxylation is 1. The second-order valence-corrected chi connectivity index (χ2v) is 5.03. The molecule has 4 nitrogen and oxygen atoms in total. The summed E-state index contributed by atoms with van der Waals surface area (Å²) in [5, 5.41) is 16.5. The minimum absolute atomic E-state index is 0.0465. The van der Waals surface area contributed by atoms with Crippen molar-refractivity contribution in [2.75, 3.05) is 5.32 Å². The van der Waals surface area contributed by atoms with Crippen LogP contribution in [0.15, 0.2) is 24.4 Å². The molecule has 0 atom stereocenters. The van der Waals surface area contributed by atoms with Gasteiger partial charge in [-0.3, -0.25) is 4.68 Å². The molecule has 0 unspecified atom stereocenters. The van der Waals surface area contributed by atoms with Gasteiger partial charge in [0.2, 0.25) is 0 Å². The summed E-state index contributed by atoms with van der Waals surface area (Å²) < 4.78 is 15.0.